The van der Waals surface area contributed by atoms with E-state index in [4.69, 9.17) is 11.2 Å². The number of rotatable bonds is 2. The molecule has 1 aliphatic rings. The Morgan fingerprint density at radius 3 is 2.94 bits per heavy atom. The van der Waals surface area contributed by atoms with Crippen LogP contribution in [0.5, 0.6) is 0 Å². The van der Waals surface area contributed by atoms with Gasteiger partial charge >= 0.3 is 5.97 Å². The molecule has 1 atom stereocenters. The number of esters is 1. The second kappa shape index (κ2) is 4.83. The molecule has 0 saturated carbocycles. The fraction of sp³-hybridized carbons (Fsp3) is 0.385. The van der Waals surface area contributed by atoms with Crippen molar-refractivity contribution < 1.29 is 14.3 Å². The average molecular weight is 263 g/mol. The van der Waals surface area contributed by atoms with Gasteiger partial charge in [0.2, 0.25) is 5.91 Å². The first-order valence-electron chi connectivity index (χ1n) is 5.51. The summed E-state index contributed by atoms with van der Waals surface area (Å²) in [5.74, 6) is 2.06. The monoisotopic (exact) mass is 263 g/mol. The molecule has 0 bridgehead atoms. The van der Waals surface area contributed by atoms with Crippen LogP contribution in [0.4, 0.5) is 5.69 Å². The summed E-state index contributed by atoms with van der Waals surface area (Å²) in [4.78, 5) is 25.7. The van der Waals surface area contributed by atoms with Crippen molar-refractivity contribution >= 4 is 28.9 Å². The van der Waals surface area contributed by atoms with Gasteiger partial charge in [-0.2, -0.15) is 0 Å². The Morgan fingerprint density at radius 1 is 1.67 bits per heavy atom. The number of terminal acetylenes is 1. The minimum atomic E-state index is -0.417. The number of carbonyl (C=O) groups is 2. The molecule has 0 aromatic carbocycles. The third kappa shape index (κ3) is 2.00. The number of amides is 1. The zero-order chi connectivity index (χ0) is 13.3. The van der Waals surface area contributed by atoms with Gasteiger partial charge in [-0.05, 0) is 17.9 Å². The molecule has 94 valence electrons. The van der Waals surface area contributed by atoms with E-state index in [1.54, 1.807) is 4.90 Å². The molecule has 0 N–H and O–H groups in total. The maximum atomic E-state index is 11.9. The van der Waals surface area contributed by atoms with Gasteiger partial charge in [0.15, 0.2) is 0 Å². The molecule has 1 aromatic rings. The number of thiophene rings is 1. The summed E-state index contributed by atoms with van der Waals surface area (Å²) in [7, 11) is 1.33. The summed E-state index contributed by atoms with van der Waals surface area (Å²) in [5, 5.41) is 1.85. The second-order valence-electron chi connectivity index (χ2n) is 4.16. The molecule has 1 fully saturated rings. The van der Waals surface area contributed by atoms with Gasteiger partial charge in [-0.15, -0.1) is 23.7 Å². The van der Waals surface area contributed by atoms with Crippen molar-refractivity contribution in [2.75, 3.05) is 18.6 Å². The molecular formula is C13H13NO3S. The largest absolute Gasteiger partial charge is 0.465 e. The highest BCUT2D eigenvalue weighted by Gasteiger charge is 2.33. The first kappa shape index (κ1) is 12.7. The fourth-order valence-electron chi connectivity index (χ4n) is 2.05. The van der Waals surface area contributed by atoms with Gasteiger partial charge in [0.05, 0.1) is 12.8 Å². The van der Waals surface area contributed by atoms with Crippen molar-refractivity contribution in [3.63, 3.8) is 0 Å². The minimum absolute atomic E-state index is 0.0374. The van der Waals surface area contributed by atoms with Gasteiger partial charge in [0.1, 0.15) is 4.88 Å². The van der Waals surface area contributed by atoms with Crippen molar-refractivity contribution in [1.29, 1.82) is 0 Å². The van der Waals surface area contributed by atoms with Crippen molar-refractivity contribution in [2.45, 2.75) is 13.3 Å². The Balaban J connectivity index is 2.40. The Bertz CT molecular complexity index is 541. The number of carbonyl (C=O) groups excluding carboxylic acids is 2. The highest BCUT2D eigenvalue weighted by atomic mass is 32.1. The van der Waals surface area contributed by atoms with E-state index in [1.807, 2.05) is 12.3 Å². The lowest BCUT2D eigenvalue weighted by molar-refractivity contribution is -0.117. The van der Waals surface area contributed by atoms with Gasteiger partial charge in [-0.25, -0.2) is 4.79 Å². The van der Waals surface area contributed by atoms with Crippen LogP contribution in [0.15, 0.2) is 5.38 Å². The molecule has 0 aliphatic carbocycles. The Kier molecular flexibility index (Phi) is 3.39. The molecule has 1 aromatic heterocycles. The molecule has 18 heavy (non-hydrogen) atoms. The Hall–Kier alpha value is -1.80. The highest BCUT2D eigenvalue weighted by Crippen LogP contribution is 2.35. The number of hydrogen-bond acceptors (Lipinski definition) is 4. The number of hydrogen-bond donors (Lipinski definition) is 0. The van der Waals surface area contributed by atoms with Crippen LogP contribution >= 0.6 is 11.3 Å². The molecule has 5 heteroatoms. The topological polar surface area (TPSA) is 46.6 Å². The summed E-state index contributed by atoms with van der Waals surface area (Å²) in [5.41, 5.74) is 1.54. The molecule has 2 rings (SSSR count). The fourth-order valence-corrected chi connectivity index (χ4v) is 3.01. The Morgan fingerprint density at radius 2 is 2.39 bits per heavy atom. The quantitative estimate of drug-likeness (QED) is 0.604. The van der Waals surface area contributed by atoms with Crippen LogP contribution in [0.25, 0.3) is 0 Å². The van der Waals surface area contributed by atoms with E-state index in [2.05, 4.69) is 5.92 Å². The summed E-state index contributed by atoms with van der Waals surface area (Å²) in [6.07, 6.45) is 5.70. The van der Waals surface area contributed by atoms with Crippen molar-refractivity contribution in [3.8, 4) is 12.3 Å². The third-order valence-corrected chi connectivity index (χ3v) is 4.01. The molecule has 1 aliphatic heterocycles. The van der Waals surface area contributed by atoms with Crippen LogP contribution in [0.3, 0.4) is 0 Å². The van der Waals surface area contributed by atoms with Gasteiger partial charge < -0.3 is 9.64 Å². The molecule has 0 spiro atoms. The first-order chi connectivity index (χ1) is 8.58. The molecule has 1 amide bonds. The number of anilines is 1. The molecule has 0 radical (unpaired) electrons. The maximum Gasteiger partial charge on any atom is 0.350 e. The van der Waals surface area contributed by atoms with E-state index >= 15 is 0 Å². The van der Waals surface area contributed by atoms with Crippen LogP contribution in [0, 0.1) is 25.2 Å². The zero-order valence-electron chi connectivity index (χ0n) is 10.2. The number of aryl methyl sites for hydroxylation is 1. The standard InChI is InChI=1S/C13H13NO3S/c1-4-9-5-10(15)14(6-9)11-8(2)7-18-12(11)13(16)17-3/h1,7,9H,5-6H2,2-3H3. The molecule has 1 saturated heterocycles. The molecule has 4 nitrogen and oxygen atoms in total. The SMILES string of the molecule is C#CC1CC(=O)N(c2c(C)csc2C(=O)OC)C1. The Labute approximate surface area is 110 Å². The first-order valence-corrected chi connectivity index (χ1v) is 6.39. The lowest BCUT2D eigenvalue weighted by Gasteiger charge is -2.17. The minimum Gasteiger partial charge on any atom is -0.465 e. The molecular weight excluding hydrogens is 250 g/mol. The van der Waals surface area contributed by atoms with Crippen LogP contribution in [0.1, 0.15) is 21.7 Å². The highest BCUT2D eigenvalue weighted by molar-refractivity contribution is 7.12. The van der Waals surface area contributed by atoms with Gasteiger partial charge in [-0.3, -0.25) is 4.79 Å². The van der Waals surface area contributed by atoms with E-state index in [0.29, 0.717) is 23.5 Å². The average Bonchev–Trinajstić information content (AvgIpc) is 2.91. The van der Waals surface area contributed by atoms with Gasteiger partial charge in [0, 0.05) is 18.9 Å². The third-order valence-electron chi connectivity index (χ3n) is 2.94. The number of methoxy groups -OCH3 is 1. The van der Waals surface area contributed by atoms with Gasteiger partial charge in [-0.1, -0.05) is 0 Å². The van der Waals surface area contributed by atoms with Crippen LogP contribution in [0.2, 0.25) is 0 Å². The summed E-state index contributed by atoms with van der Waals surface area (Å²) < 4.78 is 4.73. The van der Waals surface area contributed by atoms with Crippen molar-refractivity contribution in [2.24, 2.45) is 5.92 Å². The maximum absolute atomic E-state index is 11.9. The smallest absolute Gasteiger partial charge is 0.350 e. The van der Waals surface area contributed by atoms with Crippen LogP contribution in [-0.2, 0) is 9.53 Å². The van der Waals surface area contributed by atoms with E-state index in [-0.39, 0.29) is 11.8 Å². The number of nitrogens with zero attached hydrogens (tertiary/aromatic N) is 1. The van der Waals surface area contributed by atoms with Crippen molar-refractivity contribution in [3.05, 3.63) is 15.8 Å². The van der Waals surface area contributed by atoms with E-state index in [0.717, 1.165) is 5.56 Å². The normalized spacial score (nSPS) is 18.8. The van der Waals surface area contributed by atoms with E-state index in [1.165, 1.54) is 18.4 Å². The summed E-state index contributed by atoms with van der Waals surface area (Å²) in [6, 6.07) is 0. The number of ether oxygens (including phenoxy) is 1. The zero-order valence-corrected chi connectivity index (χ0v) is 11.0. The predicted octanol–water partition coefficient (Wildman–Crippen LogP) is 1.83. The van der Waals surface area contributed by atoms with Crippen molar-refractivity contribution in [1.82, 2.24) is 0 Å². The molecule has 1 unspecified atom stereocenters. The lowest BCUT2D eigenvalue weighted by Crippen LogP contribution is -2.26. The van der Waals surface area contributed by atoms with Crippen LogP contribution in [-0.4, -0.2) is 25.5 Å². The lowest BCUT2D eigenvalue weighted by atomic mass is 10.1. The van der Waals surface area contributed by atoms with Crippen LogP contribution < -0.4 is 4.90 Å². The summed E-state index contributed by atoms with van der Waals surface area (Å²) >= 11 is 1.29. The van der Waals surface area contributed by atoms with Gasteiger partial charge in [0.25, 0.3) is 0 Å². The van der Waals surface area contributed by atoms with E-state index < -0.39 is 5.97 Å². The molecule has 2 heterocycles. The second-order valence-corrected chi connectivity index (χ2v) is 5.04. The predicted molar refractivity (Wildman–Crippen MR) is 69.7 cm³/mol. The summed E-state index contributed by atoms with van der Waals surface area (Å²) in [6.45, 7) is 2.34. The van der Waals surface area contributed by atoms with E-state index in [9.17, 15) is 9.59 Å².